The number of nitrogens with zero attached hydrogens (tertiary/aromatic N) is 4. The molecule has 1 saturated heterocycles. The zero-order valence-corrected chi connectivity index (χ0v) is 24.8. The van der Waals surface area contributed by atoms with Gasteiger partial charge in [0.1, 0.15) is 23.5 Å². The van der Waals surface area contributed by atoms with E-state index in [2.05, 4.69) is 36.2 Å². The number of nitrogens with one attached hydrogen (secondary N) is 1. The molecule has 1 fully saturated rings. The molecule has 0 bridgehead atoms. The summed E-state index contributed by atoms with van der Waals surface area (Å²) >= 11 is 3.26. The van der Waals surface area contributed by atoms with Crippen LogP contribution in [0.25, 0.3) is 0 Å². The molecule has 0 spiro atoms. The van der Waals surface area contributed by atoms with E-state index in [-0.39, 0.29) is 23.6 Å². The molecular weight excluding hydrogens is 597 g/mol. The first kappa shape index (κ1) is 28.6. The zero-order valence-electron chi connectivity index (χ0n) is 23.2. The molecule has 0 atom stereocenters. The molecule has 0 aliphatic carbocycles. The first-order valence-electron chi connectivity index (χ1n) is 13.2. The van der Waals surface area contributed by atoms with Gasteiger partial charge in [0.05, 0.1) is 19.4 Å². The number of fused-ring (bicyclic) bond motifs is 2. The van der Waals surface area contributed by atoms with E-state index in [9.17, 15) is 9.18 Å². The first-order valence-corrected chi connectivity index (χ1v) is 14.0. The number of aliphatic imine (C=N–C) groups is 1. The second kappa shape index (κ2) is 11.9. The average Bonchev–Trinajstić information content (AvgIpc) is 3.11. The Morgan fingerprint density at radius 2 is 1.95 bits per heavy atom. The van der Waals surface area contributed by atoms with Crippen LogP contribution in [-0.4, -0.2) is 59.6 Å². The highest BCUT2D eigenvalue weighted by Crippen LogP contribution is 2.43. The summed E-state index contributed by atoms with van der Waals surface area (Å²) in [7, 11) is 1.57. The van der Waals surface area contributed by atoms with Crippen LogP contribution in [-0.2, 0) is 4.74 Å². The Morgan fingerprint density at radius 3 is 2.66 bits per heavy atom. The van der Waals surface area contributed by atoms with E-state index in [0.29, 0.717) is 58.5 Å². The van der Waals surface area contributed by atoms with Crippen LogP contribution >= 0.6 is 15.9 Å². The van der Waals surface area contributed by atoms with Gasteiger partial charge in [-0.15, -0.1) is 0 Å². The predicted octanol–water partition coefficient (Wildman–Crippen LogP) is 7.01. The minimum Gasteiger partial charge on any atom is -0.493 e. The number of carbonyl (C=O) groups is 1. The molecule has 1 amide bonds. The Morgan fingerprint density at radius 1 is 1.17 bits per heavy atom. The van der Waals surface area contributed by atoms with Crippen LogP contribution in [0.3, 0.4) is 0 Å². The van der Waals surface area contributed by atoms with Gasteiger partial charge in [-0.1, -0.05) is 15.9 Å². The van der Waals surface area contributed by atoms with Crippen LogP contribution in [0.15, 0.2) is 46.1 Å². The van der Waals surface area contributed by atoms with Crippen molar-refractivity contribution in [2.24, 2.45) is 10.9 Å². The van der Waals surface area contributed by atoms with Crippen LogP contribution in [0.4, 0.5) is 26.4 Å². The quantitative estimate of drug-likeness (QED) is 0.243. The standard InChI is InChI=1S/C29H31BrFN5O5/c1-29(2,3)41-28(37)36-9-7-17(8-10-36)15-39-24-13-22-18(11-23(24)38-4)14-32-25-26(33-16-34-27(25)40-22)35-21-6-5-19(30)12-20(21)31/h5-6,11-14,16-17H,7-10,15H2,1-4H3,(H,33,34,35). The maximum atomic E-state index is 14.5. The number of ether oxygens (including phenoxy) is 4. The third-order valence-corrected chi connectivity index (χ3v) is 7.04. The molecule has 1 N–H and O–H groups in total. The molecule has 0 saturated carbocycles. The number of hydrogen-bond acceptors (Lipinski definition) is 9. The van der Waals surface area contributed by atoms with Gasteiger partial charge in [-0.05, 0) is 63.8 Å². The molecule has 0 radical (unpaired) electrons. The molecular formula is C29H31BrFN5O5. The van der Waals surface area contributed by atoms with Gasteiger partial charge in [-0.3, -0.25) is 0 Å². The SMILES string of the molecule is COc1cc2c(cc1OCC1CCN(C(=O)OC(C)(C)C)CC1)Oc1ncnc(Nc3ccc(Br)cc3F)c1N=C2. The van der Waals surface area contributed by atoms with Gasteiger partial charge >= 0.3 is 6.09 Å². The summed E-state index contributed by atoms with van der Waals surface area (Å²) in [5.41, 5.74) is 0.691. The molecule has 12 heteroatoms. The van der Waals surface area contributed by atoms with Crippen molar-refractivity contribution in [1.29, 1.82) is 0 Å². The largest absolute Gasteiger partial charge is 0.493 e. The van der Waals surface area contributed by atoms with E-state index < -0.39 is 11.4 Å². The number of methoxy groups -OCH3 is 1. The highest BCUT2D eigenvalue weighted by atomic mass is 79.9. The third-order valence-electron chi connectivity index (χ3n) is 6.55. The Balaban J connectivity index is 1.28. The number of halogens is 2. The van der Waals surface area contributed by atoms with Crippen LogP contribution < -0.4 is 19.5 Å². The fourth-order valence-electron chi connectivity index (χ4n) is 4.44. The lowest BCUT2D eigenvalue weighted by Crippen LogP contribution is -2.42. The van der Waals surface area contributed by atoms with Gasteiger partial charge in [0.2, 0.25) is 0 Å². The van der Waals surface area contributed by atoms with Crippen molar-refractivity contribution in [3.63, 3.8) is 0 Å². The third kappa shape index (κ3) is 6.87. The van der Waals surface area contributed by atoms with E-state index in [1.165, 1.54) is 12.4 Å². The van der Waals surface area contributed by atoms with Gasteiger partial charge in [0, 0.05) is 35.4 Å². The van der Waals surface area contributed by atoms with Crippen molar-refractivity contribution in [2.45, 2.75) is 39.2 Å². The summed E-state index contributed by atoms with van der Waals surface area (Å²) in [4.78, 5) is 27.1. The fraction of sp³-hybridized carbons (Fsp3) is 0.379. The van der Waals surface area contributed by atoms with Crippen molar-refractivity contribution >= 4 is 45.4 Å². The first-order chi connectivity index (χ1) is 19.6. The summed E-state index contributed by atoms with van der Waals surface area (Å²) in [5, 5.41) is 2.97. The summed E-state index contributed by atoms with van der Waals surface area (Å²) in [6, 6.07) is 8.20. The molecule has 2 aromatic carbocycles. The monoisotopic (exact) mass is 627 g/mol. The van der Waals surface area contributed by atoms with Crippen LogP contribution in [0, 0.1) is 11.7 Å². The maximum absolute atomic E-state index is 14.5. The van der Waals surface area contributed by atoms with Gasteiger partial charge in [-0.2, -0.15) is 4.98 Å². The lowest BCUT2D eigenvalue weighted by molar-refractivity contribution is 0.0164. The minimum absolute atomic E-state index is 0.209. The van der Waals surface area contributed by atoms with Crippen LogP contribution in [0.2, 0.25) is 0 Å². The molecule has 41 heavy (non-hydrogen) atoms. The van der Waals surface area contributed by atoms with Crippen LogP contribution in [0.5, 0.6) is 23.1 Å². The number of anilines is 2. The number of aromatic nitrogens is 2. The highest BCUT2D eigenvalue weighted by molar-refractivity contribution is 9.10. The number of amides is 1. The molecule has 2 aliphatic rings. The molecule has 3 aromatic rings. The summed E-state index contributed by atoms with van der Waals surface area (Å²) in [6.07, 6.45) is 4.26. The molecule has 0 unspecified atom stereocenters. The van der Waals surface area contributed by atoms with E-state index in [1.807, 2.05) is 20.8 Å². The highest BCUT2D eigenvalue weighted by Gasteiger charge is 2.28. The lowest BCUT2D eigenvalue weighted by atomic mass is 9.98. The number of benzene rings is 2. The van der Waals surface area contributed by atoms with E-state index in [4.69, 9.17) is 18.9 Å². The van der Waals surface area contributed by atoms with Crippen molar-refractivity contribution in [3.8, 4) is 23.1 Å². The normalized spacial score (nSPS) is 14.8. The molecule has 10 nitrogen and oxygen atoms in total. The van der Waals surface area contributed by atoms with E-state index >= 15 is 0 Å². The van der Waals surface area contributed by atoms with E-state index in [0.717, 1.165) is 12.8 Å². The van der Waals surface area contributed by atoms with Gasteiger partial charge < -0.3 is 29.2 Å². The Kier molecular flexibility index (Phi) is 8.30. The second-order valence-electron chi connectivity index (χ2n) is 10.7. The van der Waals surface area contributed by atoms with Crippen molar-refractivity contribution in [1.82, 2.24) is 14.9 Å². The fourth-order valence-corrected chi connectivity index (χ4v) is 4.77. The summed E-state index contributed by atoms with van der Waals surface area (Å²) in [5.74, 6) is 1.83. The summed E-state index contributed by atoms with van der Waals surface area (Å²) < 4.78 is 38.5. The Hall–Kier alpha value is -3.93. The lowest BCUT2D eigenvalue weighted by Gasteiger charge is -2.33. The molecule has 5 rings (SSSR count). The van der Waals surface area contributed by atoms with Crippen LogP contribution in [0.1, 0.15) is 39.2 Å². The molecule has 216 valence electrons. The molecule has 2 aliphatic heterocycles. The number of piperidine rings is 1. The number of rotatable bonds is 6. The average molecular weight is 628 g/mol. The van der Waals surface area contributed by atoms with Gasteiger partial charge in [0.25, 0.3) is 5.88 Å². The molecule has 3 heterocycles. The van der Waals surface area contributed by atoms with Crippen molar-refractivity contribution in [2.75, 3.05) is 32.1 Å². The number of hydrogen-bond donors (Lipinski definition) is 1. The smallest absolute Gasteiger partial charge is 0.410 e. The number of likely N-dealkylation sites (tertiary alicyclic amines) is 1. The maximum Gasteiger partial charge on any atom is 0.410 e. The summed E-state index contributed by atoms with van der Waals surface area (Å²) in [6.45, 7) is 7.27. The number of carbonyl (C=O) groups excluding carboxylic acids is 1. The molecule has 1 aromatic heterocycles. The van der Waals surface area contributed by atoms with Gasteiger partial charge in [0.15, 0.2) is 23.0 Å². The second-order valence-corrected chi connectivity index (χ2v) is 11.7. The zero-order chi connectivity index (χ0) is 29.1. The van der Waals surface area contributed by atoms with Crippen molar-refractivity contribution < 1.29 is 28.1 Å². The Bertz CT molecular complexity index is 1470. The topological polar surface area (TPSA) is 107 Å². The van der Waals surface area contributed by atoms with Crippen molar-refractivity contribution in [3.05, 3.63) is 52.5 Å². The minimum atomic E-state index is -0.520. The van der Waals surface area contributed by atoms with Gasteiger partial charge in [-0.25, -0.2) is 19.2 Å². The predicted molar refractivity (Wildman–Crippen MR) is 156 cm³/mol. The Labute approximate surface area is 246 Å². The van der Waals surface area contributed by atoms with E-state index in [1.54, 1.807) is 42.5 Å².